The van der Waals surface area contributed by atoms with Gasteiger partial charge in [-0.05, 0) is 12.1 Å². The second-order valence-corrected chi connectivity index (χ2v) is 3.66. The van der Waals surface area contributed by atoms with Crippen molar-refractivity contribution in [2.45, 2.75) is 0 Å². The first kappa shape index (κ1) is 12.8. The minimum atomic E-state index is -1.23. The lowest BCUT2D eigenvalue weighted by atomic mass is 10.2. The van der Waals surface area contributed by atoms with Crippen molar-refractivity contribution in [2.24, 2.45) is 0 Å². The molecule has 0 aliphatic carbocycles. The number of carboxylic acids is 1. The minimum Gasteiger partial charge on any atom is -0.478 e. The Labute approximate surface area is 107 Å². The molecule has 1 aliphatic heterocycles. The molecule has 1 fully saturated rings. The number of aromatic nitrogens is 1. The van der Waals surface area contributed by atoms with Crippen LogP contribution in [0.2, 0.25) is 0 Å². The van der Waals surface area contributed by atoms with E-state index in [1.54, 1.807) is 0 Å². The third kappa shape index (κ3) is 2.46. The Hall–Kier alpha value is -2.64. The fourth-order valence-electron chi connectivity index (χ4n) is 1.59. The first-order valence-corrected chi connectivity index (χ1v) is 5.31. The predicted molar refractivity (Wildman–Crippen MR) is 61.2 cm³/mol. The number of rotatable bonds is 3. The SMILES string of the molecule is COC(=O)c1cc(C(=O)O)cc(N2CCOC2=O)n1. The summed E-state index contributed by atoms with van der Waals surface area (Å²) in [4.78, 5) is 38.9. The number of anilines is 1. The minimum absolute atomic E-state index is 0.0443. The third-order valence-electron chi connectivity index (χ3n) is 2.49. The Morgan fingerprint density at radius 3 is 2.74 bits per heavy atom. The quantitative estimate of drug-likeness (QED) is 0.795. The van der Waals surface area contributed by atoms with Crippen LogP contribution in [0.5, 0.6) is 0 Å². The number of carbonyl (C=O) groups excluding carboxylic acids is 2. The van der Waals surface area contributed by atoms with Crippen molar-refractivity contribution in [1.82, 2.24) is 4.98 Å². The molecular formula is C11H10N2O6. The van der Waals surface area contributed by atoms with Gasteiger partial charge >= 0.3 is 18.0 Å². The molecule has 2 heterocycles. The summed E-state index contributed by atoms with van der Waals surface area (Å²) in [5.41, 5.74) is -0.345. The number of hydrogen-bond donors (Lipinski definition) is 1. The van der Waals surface area contributed by atoms with Crippen molar-refractivity contribution in [3.8, 4) is 0 Å². The zero-order valence-electron chi connectivity index (χ0n) is 9.95. The number of pyridine rings is 1. The van der Waals surface area contributed by atoms with Gasteiger partial charge in [0.05, 0.1) is 19.2 Å². The zero-order chi connectivity index (χ0) is 14.0. The van der Waals surface area contributed by atoms with Gasteiger partial charge in [0, 0.05) is 0 Å². The second kappa shape index (κ2) is 4.92. The highest BCUT2D eigenvalue weighted by molar-refractivity contribution is 5.96. The number of carboxylic acid groups (broad SMARTS) is 1. The lowest BCUT2D eigenvalue weighted by Crippen LogP contribution is -2.25. The smallest absolute Gasteiger partial charge is 0.415 e. The summed E-state index contributed by atoms with van der Waals surface area (Å²) < 4.78 is 9.22. The Balaban J connectivity index is 2.48. The second-order valence-electron chi connectivity index (χ2n) is 3.66. The molecule has 0 aromatic carbocycles. The number of ether oxygens (including phenoxy) is 2. The average Bonchev–Trinajstić information content (AvgIpc) is 2.83. The molecule has 100 valence electrons. The summed E-state index contributed by atoms with van der Waals surface area (Å²) in [7, 11) is 1.15. The standard InChI is InChI=1S/C11H10N2O6/c1-18-10(16)7-4-6(9(14)15)5-8(12-7)13-2-3-19-11(13)17/h4-5H,2-3H2,1H3,(H,14,15). The summed E-state index contributed by atoms with van der Waals surface area (Å²) in [5, 5.41) is 8.98. The highest BCUT2D eigenvalue weighted by Crippen LogP contribution is 2.19. The molecule has 0 atom stereocenters. The van der Waals surface area contributed by atoms with E-state index in [1.807, 2.05) is 0 Å². The van der Waals surface area contributed by atoms with Gasteiger partial charge in [0.2, 0.25) is 0 Å². The first-order chi connectivity index (χ1) is 9.02. The number of esters is 1. The molecule has 1 N–H and O–H groups in total. The molecule has 1 saturated heterocycles. The summed E-state index contributed by atoms with van der Waals surface area (Å²) in [6.45, 7) is 0.431. The summed E-state index contributed by atoms with van der Waals surface area (Å²) in [6.07, 6.45) is -0.633. The topological polar surface area (TPSA) is 106 Å². The fraction of sp³-hybridized carbons (Fsp3) is 0.273. The van der Waals surface area contributed by atoms with E-state index < -0.39 is 18.0 Å². The van der Waals surface area contributed by atoms with Gasteiger partial charge in [-0.25, -0.2) is 19.4 Å². The molecule has 8 heteroatoms. The van der Waals surface area contributed by atoms with Crippen LogP contribution in [0.1, 0.15) is 20.8 Å². The van der Waals surface area contributed by atoms with E-state index in [4.69, 9.17) is 9.84 Å². The van der Waals surface area contributed by atoms with Crippen molar-refractivity contribution in [3.63, 3.8) is 0 Å². The highest BCUT2D eigenvalue weighted by atomic mass is 16.6. The van der Waals surface area contributed by atoms with Crippen LogP contribution in [0.4, 0.5) is 10.6 Å². The zero-order valence-corrected chi connectivity index (χ0v) is 9.95. The van der Waals surface area contributed by atoms with Crippen LogP contribution < -0.4 is 4.90 Å². The molecule has 1 amide bonds. The normalized spacial score (nSPS) is 14.2. The van der Waals surface area contributed by atoms with Crippen molar-refractivity contribution in [2.75, 3.05) is 25.2 Å². The van der Waals surface area contributed by atoms with Crippen molar-refractivity contribution in [3.05, 3.63) is 23.4 Å². The monoisotopic (exact) mass is 266 g/mol. The van der Waals surface area contributed by atoms with Gasteiger partial charge in [-0.3, -0.25) is 4.90 Å². The molecular weight excluding hydrogens is 256 g/mol. The number of cyclic esters (lactones) is 1. The number of hydrogen-bond acceptors (Lipinski definition) is 6. The van der Waals surface area contributed by atoms with E-state index in [1.165, 1.54) is 6.07 Å². The maximum atomic E-state index is 11.4. The maximum absolute atomic E-state index is 11.4. The molecule has 8 nitrogen and oxygen atoms in total. The molecule has 1 aromatic rings. The lowest BCUT2D eigenvalue weighted by molar-refractivity contribution is 0.0594. The predicted octanol–water partition coefficient (Wildman–Crippen LogP) is 0.523. The molecule has 0 radical (unpaired) electrons. The lowest BCUT2D eigenvalue weighted by Gasteiger charge is -2.13. The van der Waals surface area contributed by atoms with E-state index in [9.17, 15) is 14.4 Å². The first-order valence-electron chi connectivity index (χ1n) is 5.31. The molecule has 0 saturated carbocycles. The van der Waals surface area contributed by atoms with E-state index in [2.05, 4.69) is 9.72 Å². The van der Waals surface area contributed by atoms with Crippen LogP contribution in [0.3, 0.4) is 0 Å². The van der Waals surface area contributed by atoms with E-state index in [0.29, 0.717) is 0 Å². The summed E-state index contributed by atoms with van der Waals surface area (Å²) in [6, 6.07) is 2.28. The van der Waals surface area contributed by atoms with Gasteiger partial charge in [0.1, 0.15) is 12.4 Å². The van der Waals surface area contributed by atoms with Crippen LogP contribution >= 0.6 is 0 Å². The largest absolute Gasteiger partial charge is 0.478 e. The molecule has 0 bridgehead atoms. The molecule has 1 aliphatic rings. The highest BCUT2D eigenvalue weighted by Gasteiger charge is 2.27. The number of carbonyl (C=O) groups is 3. The van der Waals surface area contributed by atoms with Gasteiger partial charge < -0.3 is 14.6 Å². The molecule has 1 aromatic heterocycles. The van der Waals surface area contributed by atoms with Crippen LogP contribution in [0.25, 0.3) is 0 Å². The van der Waals surface area contributed by atoms with E-state index >= 15 is 0 Å². The van der Waals surface area contributed by atoms with Crippen LogP contribution in [-0.2, 0) is 9.47 Å². The number of nitrogens with zero attached hydrogens (tertiary/aromatic N) is 2. The number of methoxy groups -OCH3 is 1. The van der Waals surface area contributed by atoms with Crippen LogP contribution in [0.15, 0.2) is 12.1 Å². The Bertz CT molecular complexity index is 556. The Morgan fingerprint density at radius 1 is 1.47 bits per heavy atom. The van der Waals surface area contributed by atoms with Gasteiger partial charge in [0.15, 0.2) is 5.69 Å². The molecule has 2 rings (SSSR count). The maximum Gasteiger partial charge on any atom is 0.415 e. The Kier molecular flexibility index (Phi) is 3.32. The van der Waals surface area contributed by atoms with Gasteiger partial charge in [-0.2, -0.15) is 0 Å². The van der Waals surface area contributed by atoms with E-state index in [-0.39, 0.29) is 30.2 Å². The molecule has 19 heavy (non-hydrogen) atoms. The summed E-state index contributed by atoms with van der Waals surface area (Å²) in [5.74, 6) is -1.97. The van der Waals surface area contributed by atoms with Crippen LogP contribution in [-0.4, -0.2) is 48.4 Å². The number of aromatic carboxylic acids is 1. The summed E-state index contributed by atoms with van der Waals surface area (Å²) >= 11 is 0. The van der Waals surface area contributed by atoms with Gasteiger partial charge in [0.25, 0.3) is 0 Å². The third-order valence-corrected chi connectivity index (χ3v) is 2.49. The Morgan fingerprint density at radius 2 is 2.21 bits per heavy atom. The average molecular weight is 266 g/mol. The van der Waals surface area contributed by atoms with Crippen molar-refractivity contribution in [1.29, 1.82) is 0 Å². The number of amides is 1. The van der Waals surface area contributed by atoms with Crippen LogP contribution in [0, 0.1) is 0 Å². The van der Waals surface area contributed by atoms with Crippen molar-refractivity contribution >= 4 is 23.8 Å². The fourth-order valence-corrected chi connectivity index (χ4v) is 1.59. The molecule has 0 unspecified atom stereocenters. The van der Waals surface area contributed by atoms with Gasteiger partial charge in [-0.15, -0.1) is 0 Å². The van der Waals surface area contributed by atoms with E-state index in [0.717, 1.165) is 18.1 Å². The van der Waals surface area contributed by atoms with Crippen molar-refractivity contribution < 1.29 is 29.0 Å². The molecule has 0 spiro atoms. The van der Waals surface area contributed by atoms with Gasteiger partial charge in [-0.1, -0.05) is 0 Å².